The third-order valence-corrected chi connectivity index (χ3v) is 7.63. The normalized spacial score (nSPS) is 24.1. The second-order valence-electron chi connectivity index (χ2n) is 9.33. The van der Waals surface area contributed by atoms with E-state index < -0.39 is 0 Å². The highest BCUT2D eigenvalue weighted by atomic mass is 16.7. The molecular weight excluding hydrogens is 388 g/mol. The van der Waals surface area contributed by atoms with Gasteiger partial charge in [0.05, 0.1) is 18.9 Å². The number of nitrogens with zero attached hydrogens (tertiary/aromatic N) is 3. The molecule has 2 fully saturated rings. The summed E-state index contributed by atoms with van der Waals surface area (Å²) < 4.78 is 11.9. The highest BCUT2D eigenvalue weighted by Crippen LogP contribution is 2.42. The van der Waals surface area contributed by atoms with Gasteiger partial charge >= 0.3 is 0 Å². The van der Waals surface area contributed by atoms with Crippen LogP contribution in [0.25, 0.3) is 22.3 Å². The minimum atomic E-state index is -0.292. The second kappa shape index (κ2) is 7.40. The molecular formula is C25H30N4O2. The van der Waals surface area contributed by atoms with Gasteiger partial charge in [0.25, 0.3) is 0 Å². The molecule has 0 amide bonds. The first kappa shape index (κ1) is 19.4. The first-order valence-corrected chi connectivity index (χ1v) is 11.6. The summed E-state index contributed by atoms with van der Waals surface area (Å²) in [6.45, 7) is 7.05. The Kier molecular flexibility index (Phi) is 4.63. The lowest BCUT2D eigenvalue weighted by Gasteiger charge is -2.44. The standard InChI is InChI=1S/C25H30N4O2/c1-16-5-3-4-6-19(16)22-15-20-23-17(2)29(12-9-21(23)26-24(20)28-27-22)18-7-10-25(11-8-18)30-13-14-31-25/h3-6,15,17-18H,7-14H2,1-2H3,(H,26,28)/t17-/m1/s1. The third-order valence-electron chi connectivity index (χ3n) is 7.63. The Hall–Kier alpha value is -2.28. The fraction of sp³-hybridized carbons (Fsp3) is 0.520. The maximum atomic E-state index is 5.95. The Morgan fingerprint density at radius 3 is 2.65 bits per heavy atom. The summed E-state index contributed by atoms with van der Waals surface area (Å²) in [7, 11) is 0. The van der Waals surface area contributed by atoms with Gasteiger partial charge in [-0.15, -0.1) is 10.2 Å². The van der Waals surface area contributed by atoms with E-state index >= 15 is 0 Å². The number of nitrogens with one attached hydrogen (secondary N) is 1. The van der Waals surface area contributed by atoms with Crippen LogP contribution in [0.2, 0.25) is 0 Å². The smallest absolute Gasteiger partial charge is 0.168 e. The van der Waals surface area contributed by atoms with Crippen LogP contribution in [-0.4, -0.2) is 51.7 Å². The molecule has 1 aromatic carbocycles. The van der Waals surface area contributed by atoms with Crippen LogP contribution in [0.5, 0.6) is 0 Å². The number of aryl methyl sites for hydroxylation is 1. The van der Waals surface area contributed by atoms with Gasteiger partial charge < -0.3 is 14.5 Å². The highest BCUT2D eigenvalue weighted by Gasteiger charge is 2.43. The van der Waals surface area contributed by atoms with Gasteiger partial charge in [0.2, 0.25) is 0 Å². The number of H-pyrrole nitrogens is 1. The predicted molar refractivity (Wildman–Crippen MR) is 120 cm³/mol. The van der Waals surface area contributed by atoms with Crippen molar-refractivity contribution in [2.45, 2.75) is 63.8 Å². The van der Waals surface area contributed by atoms with Crippen LogP contribution < -0.4 is 0 Å². The maximum absolute atomic E-state index is 5.95. The molecule has 1 spiro atoms. The number of fused-ring (bicyclic) bond motifs is 3. The lowest BCUT2D eigenvalue weighted by Crippen LogP contribution is -2.47. The molecule has 1 atom stereocenters. The van der Waals surface area contributed by atoms with E-state index in [0.29, 0.717) is 12.1 Å². The monoisotopic (exact) mass is 418 g/mol. The van der Waals surface area contributed by atoms with E-state index in [1.165, 1.54) is 22.2 Å². The first-order chi connectivity index (χ1) is 15.1. The molecule has 6 nitrogen and oxygen atoms in total. The summed E-state index contributed by atoms with van der Waals surface area (Å²) in [5.41, 5.74) is 6.96. The molecule has 1 N–H and O–H groups in total. The van der Waals surface area contributed by atoms with E-state index in [1.807, 2.05) is 0 Å². The van der Waals surface area contributed by atoms with Gasteiger partial charge in [-0.25, -0.2) is 0 Å². The second-order valence-corrected chi connectivity index (χ2v) is 9.33. The minimum absolute atomic E-state index is 0.292. The van der Waals surface area contributed by atoms with Gasteiger partial charge in [-0.3, -0.25) is 4.90 Å². The van der Waals surface area contributed by atoms with Gasteiger partial charge in [-0.1, -0.05) is 24.3 Å². The minimum Gasteiger partial charge on any atom is -0.348 e. The van der Waals surface area contributed by atoms with E-state index in [1.54, 1.807) is 0 Å². The average Bonchev–Trinajstić information content (AvgIpc) is 3.40. The molecule has 6 rings (SSSR count). The van der Waals surface area contributed by atoms with Gasteiger partial charge in [-0.2, -0.15) is 0 Å². The van der Waals surface area contributed by atoms with Crippen LogP contribution in [0.15, 0.2) is 30.3 Å². The summed E-state index contributed by atoms with van der Waals surface area (Å²) in [5, 5.41) is 10.3. The number of hydrogen-bond acceptors (Lipinski definition) is 5. The number of rotatable bonds is 2. The SMILES string of the molecule is Cc1ccccc1-c1cc2c3c([nH]c2nn1)CCN(C1CCC2(CC1)OCCO2)[C@@H]3C. The van der Waals surface area contributed by atoms with E-state index in [9.17, 15) is 0 Å². The Balaban J connectivity index is 1.31. The summed E-state index contributed by atoms with van der Waals surface area (Å²) in [5.74, 6) is -0.292. The van der Waals surface area contributed by atoms with Crippen molar-refractivity contribution in [2.24, 2.45) is 0 Å². The van der Waals surface area contributed by atoms with Crippen LogP contribution >= 0.6 is 0 Å². The van der Waals surface area contributed by atoms with E-state index in [0.717, 1.165) is 68.8 Å². The van der Waals surface area contributed by atoms with Crippen molar-refractivity contribution in [2.75, 3.05) is 19.8 Å². The van der Waals surface area contributed by atoms with E-state index in [2.05, 4.69) is 64.3 Å². The summed E-state index contributed by atoms with van der Waals surface area (Å²) in [4.78, 5) is 6.26. The number of hydrogen-bond donors (Lipinski definition) is 1. The van der Waals surface area contributed by atoms with Gasteiger partial charge in [0.15, 0.2) is 11.4 Å². The van der Waals surface area contributed by atoms with Crippen molar-refractivity contribution < 1.29 is 9.47 Å². The quantitative estimate of drug-likeness (QED) is 0.662. The molecule has 0 radical (unpaired) electrons. The van der Waals surface area contributed by atoms with Crippen molar-refractivity contribution in [3.05, 3.63) is 47.2 Å². The molecule has 4 heterocycles. The van der Waals surface area contributed by atoms with Gasteiger partial charge in [0.1, 0.15) is 0 Å². The maximum Gasteiger partial charge on any atom is 0.168 e. The zero-order chi connectivity index (χ0) is 21.0. The lowest BCUT2D eigenvalue weighted by atomic mass is 9.86. The predicted octanol–water partition coefficient (Wildman–Crippen LogP) is 4.54. The summed E-state index contributed by atoms with van der Waals surface area (Å²) >= 11 is 0. The molecule has 31 heavy (non-hydrogen) atoms. The highest BCUT2D eigenvalue weighted by molar-refractivity contribution is 5.85. The van der Waals surface area contributed by atoms with E-state index in [-0.39, 0.29) is 5.79 Å². The number of aromatic amines is 1. The fourth-order valence-electron chi connectivity index (χ4n) is 5.99. The zero-order valence-corrected chi connectivity index (χ0v) is 18.4. The van der Waals surface area contributed by atoms with Crippen LogP contribution in [-0.2, 0) is 15.9 Å². The molecule has 6 heteroatoms. The third kappa shape index (κ3) is 3.20. The molecule has 3 aliphatic rings. The van der Waals surface area contributed by atoms with Gasteiger partial charge in [-0.05, 0) is 43.9 Å². The molecule has 0 bridgehead atoms. The van der Waals surface area contributed by atoms with Gasteiger partial charge in [0, 0.05) is 54.5 Å². The zero-order valence-electron chi connectivity index (χ0n) is 18.4. The van der Waals surface area contributed by atoms with Crippen molar-refractivity contribution in [1.29, 1.82) is 0 Å². The summed E-state index contributed by atoms with van der Waals surface area (Å²) in [6.07, 6.45) is 5.31. The molecule has 0 unspecified atom stereocenters. The van der Waals surface area contributed by atoms with Crippen LogP contribution in [0, 0.1) is 6.92 Å². The van der Waals surface area contributed by atoms with Crippen molar-refractivity contribution >= 4 is 11.0 Å². The molecule has 1 aliphatic carbocycles. The molecule has 1 saturated heterocycles. The topological polar surface area (TPSA) is 63.3 Å². The number of aromatic nitrogens is 3. The van der Waals surface area contributed by atoms with Crippen molar-refractivity contribution in [3.8, 4) is 11.3 Å². The van der Waals surface area contributed by atoms with Crippen LogP contribution in [0.4, 0.5) is 0 Å². The molecule has 1 saturated carbocycles. The largest absolute Gasteiger partial charge is 0.348 e. The Bertz CT molecular complexity index is 1110. The molecule has 2 aliphatic heterocycles. The van der Waals surface area contributed by atoms with E-state index in [4.69, 9.17) is 9.47 Å². The first-order valence-electron chi connectivity index (χ1n) is 11.6. The molecule has 3 aromatic rings. The van der Waals surface area contributed by atoms with Crippen LogP contribution in [0.1, 0.15) is 55.5 Å². The summed E-state index contributed by atoms with van der Waals surface area (Å²) in [6, 6.07) is 11.6. The Morgan fingerprint density at radius 1 is 1.10 bits per heavy atom. The number of benzene rings is 1. The Morgan fingerprint density at radius 2 is 1.87 bits per heavy atom. The van der Waals surface area contributed by atoms with Crippen molar-refractivity contribution in [1.82, 2.24) is 20.1 Å². The lowest BCUT2D eigenvalue weighted by molar-refractivity contribution is -0.185. The number of ether oxygens (including phenoxy) is 2. The van der Waals surface area contributed by atoms with Crippen LogP contribution in [0.3, 0.4) is 0 Å². The molecule has 162 valence electrons. The fourth-order valence-corrected chi connectivity index (χ4v) is 5.99. The molecule has 2 aromatic heterocycles. The van der Waals surface area contributed by atoms with Crippen molar-refractivity contribution in [3.63, 3.8) is 0 Å². The average molecular weight is 419 g/mol. The Labute approximate surface area is 183 Å².